The zero-order chi connectivity index (χ0) is 3.58. The number of rotatable bonds is 0. The number of hydrogen-bond acceptors (Lipinski definition) is 3. The maximum Gasteiger partial charge on any atom is 1.00 e. The first kappa shape index (κ1) is 15.6. The monoisotopic (exact) mass is 293 g/mol. The van der Waals surface area contributed by atoms with E-state index >= 15 is 0 Å². The van der Waals surface area contributed by atoms with Gasteiger partial charge in [-0.3, -0.25) is 0 Å². The van der Waals surface area contributed by atoms with E-state index in [0.717, 1.165) is 0 Å². The molecule has 0 atom stereocenters. The summed E-state index contributed by atoms with van der Waals surface area (Å²) in [5.41, 5.74) is 0. The van der Waals surface area contributed by atoms with Gasteiger partial charge in [0.2, 0.25) is 0 Å². The summed E-state index contributed by atoms with van der Waals surface area (Å²) in [5, 5.41) is 0. The Bertz CT molecular complexity index is 31.8. The van der Waals surface area contributed by atoms with Crippen molar-refractivity contribution in [2.75, 3.05) is 0 Å². The van der Waals surface area contributed by atoms with Crippen molar-refractivity contribution in [2.24, 2.45) is 0 Å². The molecule has 44 valence electrons. The van der Waals surface area contributed by atoms with Crippen LogP contribution in [0.3, 0.4) is 0 Å². The van der Waals surface area contributed by atoms with Gasteiger partial charge in [-0.05, 0) is 0 Å². The van der Waals surface area contributed by atoms with E-state index < -0.39 is 8.25 Å². The second-order valence-corrected chi connectivity index (χ2v) is 0.671. The molecular weight excluding hydrogens is 295 g/mol. The molecule has 0 saturated heterocycles. The predicted molar refractivity (Wildman–Crippen MR) is 7.61 cm³/mol. The standard InChI is InChI=1S/2Ag.HO3P/c;;1-4(2)3/h;;(H,1,2,3)/q2*+1;/p-1. The van der Waals surface area contributed by atoms with Gasteiger partial charge in [-0.2, -0.15) is 0 Å². The molecule has 0 bridgehead atoms. The molecule has 0 spiro atoms. The Balaban J connectivity index is -0.0000000450. The molecule has 6 heavy (non-hydrogen) atoms. The third-order valence-electron chi connectivity index (χ3n) is 0. The van der Waals surface area contributed by atoms with Gasteiger partial charge >= 0.3 is 44.8 Å². The molecule has 0 aromatic rings. The summed E-state index contributed by atoms with van der Waals surface area (Å²) in [4.78, 5) is 17.0. The Labute approximate surface area is 67.1 Å². The molecule has 0 aromatic heterocycles. The summed E-state index contributed by atoms with van der Waals surface area (Å²) < 4.78 is 8.48. The van der Waals surface area contributed by atoms with Crippen molar-refractivity contribution < 1.29 is 59.1 Å². The minimum absolute atomic E-state index is 0. The SMILES string of the molecule is O=[P+]([O-])[O-].[Ag+].[Ag+]. The molecule has 6 heteroatoms. The van der Waals surface area contributed by atoms with Crippen molar-refractivity contribution in [1.82, 2.24) is 0 Å². The van der Waals surface area contributed by atoms with Crippen LogP contribution in [0, 0.1) is 0 Å². The van der Waals surface area contributed by atoms with Gasteiger partial charge < -0.3 is 9.79 Å². The molecule has 0 rings (SSSR count). The normalized spacial score (nSPS) is 4.33. The summed E-state index contributed by atoms with van der Waals surface area (Å²) in [6, 6.07) is 0. The molecule has 0 N–H and O–H groups in total. The summed E-state index contributed by atoms with van der Waals surface area (Å²) >= 11 is 0. The van der Waals surface area contributed by atoms with Gasteiger partial charge in [0.25, 0.3) is 8.25 Å². The molecule has 3 nitrogen and oxygen atoms in total. The topological polar surface area (TPSA) is 63.2 Å². The van der Waals surface area contributed by atoms with Crippen LogP contribution in [0.15, 0.2) is 0 Å². The van der Waals surface area contributed by atoms with Crippen LogP contribution in [-0.4, -0.2) is 0 Å². The third-order valence-corrected chi connectivity index (χ3v) is 0. The molecule has 0 aliphatic carbocycles. The second kappa shape index (κ2) is 9.71. The van der Waals surface area contributed by atoms with Gasteiger partial charge in [-0.1, -0.05) is 4.57 Å². The fourth-order valence-corrected chi connectivity index (χ4v) is 0. The van der Waals surface area contributed by atoms with Crippen LogP contribution in [0.5, 0.6) is 0 Å². The Kier molecular flexibility index (Phi) is 25.3. The van der Waals surface area contributed by atoms with Crippen LogP contribution in [0.4, 0.5) is 0 Å². The fraction of sp³-hybridized carbons (Fsp3) is 0. The minimum atomic E-state index is -3.37. The van der Waals surface area contributed by atoms with E-state index in [-0.39, 0.29) is 44.8 Å². The van der Waals surface area contributed by atoms with Crippen molar-refractivity contribution in [1.29, 1.82) is 0 Å². The largest absolute Gasteiger partial charge is 1.00 e. The zero-order valence-electron chi connectivity index (χ0n) is 2.27. The van der Waals surface area contributed by atoms with Crippen LogP contribution in [0.2, 0.25) is 0 Å². The van der Waals surface area contributed by atoms with E-state index in [0.29, 0.717) is 0 Å². The van der Waals surface area contributed by atoms with Crippen LogP contribution >= 0.6 is 8.25 Å². The Hall–Kier alpha value is 1.50. The van der Waals surface area contributed by atoms with E-state index in [4.69, 9.17) is 14.4 Å². The molecule has 0 fully saturated rings. The molecule has 0 aromatic carbocycles. The average molecular weight is 295 g/mol. The third kappa shape index (κ3) is 49.5. The zero-order valence-corrected chi connectivity index (χ0v) is 6.13. The molecule has 0 radical (unpaired) electrons. The van der Waals surface area contributed by atoms with E-state index in [1.165, 1.54) is 0 Å². The fourth-order valence-electron chi connectivity index (χ4n) is 0. The van der Waals surface area contributed by atoms with Crippen molar-refractivity contribution >= 4 is 8.25 Å². The van der Waals surface area contributed by atoms with Crippen molar-refractivity contribution in [3.05, 3.63) is 0 Å². The van der Waals surface area contributed by atoms with Crippen LogP contribution in [0.1, 0.15) is 0 Å². The average Bonchev–Trinajstić information content (AvgIpc) is 0.811. The van der Waals surface area contributed by atoms with Crippen molar-refractivity contribution in [2.45, 2.75) is 0 Å². The van der Waals surface area contributed by atoms with Gasteiger partial charge in [0.1, 0.15) is 0 Å². The molecule has 0 heterocycles. The predicted octanol–water partition coefficient (Wildman–Crippen LogP) is -1.64. The first-order valence-corrected chi connectivity index (χ1v) is 1.64. The van der Waals surface area contributed by atoms with Gasteiger partial charge in [-0.25, -0.2) is 0 Å². The molecule has 0 aliphatic rings. The summed E-state index contributed by atoms with van der Waals surface area (Å²) in [6.07, 6.45) is 0. The minimum Gasteiger partial charge on any atom is -0.598 e. The van der Waals surface area contributed by atoms with E-state index in [1.54, 1.807) is 0 Å². The summed E-state index contributed by atoms with van der Waals surface area (Å²) in [5.74, 6) is 0. The van der Waals surface area contributed by atoms with Gasteiger partial charge in [-0.15, -0.1) is 0 Å². The van der Waals surface area contributed by atoms with Gasteiger partial charge in [0, 0.05) is 0 Å². The van der Waals surface area contributed by atoms with Gasteiger partial charge in [0.15, 0.2) is 0 Å². The Morgan fingerprint density at radius 1 is 1.17 bits per heavy atom. The van der Waals surface area contributed by atoms with E-state index in [9.17, 15) is 0 Å². The first-order valence-electron chi connectivity index (χ1n) is 0.548. The maximum absolute atomic E-state index is 8.48. The molecular formula is Ag2O3P+. The first-order chi connectivity index (χ1) is 1.73. The van der Waals surface area contributed by atoms with Crippen LogP contribution < -0.4 is 9.79 Å². The van der Waals surface area contributed by atoms with Crippen LogP contribution in [-0.2, 0) is 49.3 Å². The number of hydrogen-bond donors (Lipinski definition) is 0. The molecule has 0 saturated carbocycles. The van der Waals surface area contributed by atoms with E-state index in [1.807, 2.05) is 0 Å². The maximum atomic E-state index is 8.48. The quantitative estimate of drug-likeness (QED) is 0.398. The Morgan fingerprint density at radius 2 is 1.17 bits per heavy atom. The van der Waals surface area contributed by atoms with Crippen molar-refractivity contribution in [3.8, 4) is 0 Å². The second-order valence-electron chi connectivity index (χ2n) is 0.224. The Morgan fingerprint density at radius 3 is 1.17 bits per heavy atom. The molecule has 0 amide bonds. The smallest absolute Gasteiger partial charge is 0.598 e. The van der Waals surface area contributed by atoms with Crippen LogP contribution in [0.25, 0.3) is 0 Å². The summed E-state index contributed by atoms with van der Waals surface area (Å²) in [7, 11) is -3.37. The summed E-state index contributed by atoms with van der Waals surface area (Å²) in [6.45, 7) is 0. The van der Waals surface area contributed by atoms with Gasteiger partial charge in [0.05, 0.1) is 0 Å². The molecule has 0 unspecified atom stereocenters. The van der Waals surface area contributed by atoms with E-state index in [2.05, 4.69) is 0 Å². The van der Waals surface area contributed by atoms with Crippen molar-refractivity contribution in [3.63, 3.8) is 0 Å². The molecule has 0 aliphatic heterocycles.